The molecule has 3 heteroatoms. The summed E-state index contributed by atoms with van der Waals surface area (Å²) in [5.41, 5.74) is 3.85. The number of rotatable bonds is 4. The van der Waals surface area contributed by atoms with E-state index in [1.54, 1.807) is 0 Å². The number of halogens is 1. The van der Waals surface area contributed by atoms with Crippen LogP contribution in [0.15, 0.2) is 24.3 Å². The molecule has 0 saturated heterocycles. The summed E-state index contributed by atoms with van der Waals surface area (Å²) in [6, 6.07) is 7.93. The predicted octanol–water partition coefficient (Wildman–Crippen LogP) is 2.13. The zero-order valence-electron chi connectivity index (χ0n) is 8.76. The minimum absolute atomic E-state index is 0.150. The summed E-state index contributed by atoms with van der Waals surface area (Å²) in [4.78, 5) is 0. The molecule has 3 N–H and O–H groups in total. The summed E-state index contributed by atoms with van der Waals surface area (Å²) >= 11 is 6.05. The van der Waals surface area contributed by atoms with Crippen LogP contribution in [0.4, 0.5) is 0 Å². The fraction of sp³-hybridized carbons (Fsp3) is 0.333. The Morgan fingerprint density at radius 3 is 2.80 bits per heavy atom. The van der Waals surface area contributed by atoms with Crippen LogP contribution in [0.1, 0.15) is 18.9 Å². The van der Waals surface area contributed by atoms with Crippen molar-refractivity contribution in [3.05, 3.63) is 34.9 Å². The van der Waals surface area contributed by atoms with Crippen molar-refractivity contribution in [2.24, 2.45) is 5.84 Å². The van der Waals surface area contributed by atoms with Crippen LogP contribution in [-0.2, 0) is 6.42 Å². The molecule has 0 aliphatic carbocycles. The molecule has 0 fully saturated rings. The normalized spacial score (nSPS) is 11.7. The third-order valence-corrected chi connectivity index (χ3v) is 2.55. The van der Waals surface area contributed by atoms with Crippen molar-refractivity contribution < 1.29 is 0 Å². The highest BCUT2D eigenvalue weighted by atomic mass is 35.5. The van der Waals surface area contributed by atoms with Crippen LogP contribution in [0.3, 0.4) is 0 Å². The lowest BCUT2D eigenvalue weighted by atomic mass is 10.0. The van der Waals surface area contributed by atoms with Crippen LogP contribution in [0.25, 0.3) is 0 Å². The van der Waals surface area contributed by atoms with E-state index in [9.17, 15) is 0 Å². The molecule has 1 aromatic rings. The second kappa shape index (κ2) is 6.47. The van der Waals surface area contributed by atoms with Crippen molar-refractivity contribution in [2.45, 2.75) is 25.8 Å². The Morgan fingerprint density at radius 1 is 1.47 bits per heavy atom. The van der Waals surface area contributed by atoms with Gasteiger partial charge in [0, 0.05) is 17.5 Å². The van der Waals surface area contributed by atoms with Gasteiger partial charge in [-0.15, -0.1) is 11.8 Å². The van der Waals surface area contributed by atoms with E-state index in [2.05, 4.69) is 17.3 Å². The first-order chi connectivity index (χ1) is 7.27. The zero-order valence-corrected chi connectivity index (χ0v) is 9.51. The first kappa shape index (κ1) is 12.1. The molecule has 1 aromatic carbocycles. The van der Waals surface area contributed by atoms with Gasteiger partial charge in [0.2, 0.25) is 0 Å². The smallest absolute Gasteiger partial charge is 0.0438 e. The molecule has 1 rings (SSSR count). The second-order valence-electron chi connectivity index (χ2n) is 3.29. The molecule has 80 valence electrons. The molecule has 0 amide bonds. The molecule has 0 aromatic heterocycles. The monoisotopic (exact) mass is 222 g/mol. The first-order valence-corrected chi connectivity index (χ1v) is 5.25. The number of nitrogens with two attached hydrogens (primary N) is 1. The van der Waals surface area contributed by atoms with Gasteiger partial charge in [-0.3, -0.25) is 11.3 Å². The van der Waals surface area contributed by atoms with Crippen molar-refractivity contribution >= 4 is 11.6 Å². The van der Waals surface area contributed by atoms with Gasteiger partial charge in [0.25, 0.3) is 0 Å². The van der Waals surface area contributed by atoms with E-state index in [1.165, 1.54) is 0 Å². The highest BCUT2D eigenvalue weighted by Gasteiger charge is 2.08. The SMILES string of the molecule is CC#CCC(Cc1ccccc1Cl)NN. The maximum absolute atomic E-state index is 6.05. The molecular weight excluding hydrogens is 208 g/mol. The molecule has 0 aliphatic rings. The fourth-order valence-corrected chi connectivity index (χ4v) is 1.56. The molecule has 1 atom stereocenters. The lowest BCUT2D eigenvalue weighted by molar-refractivity contribution is 0.537. The Balaban J connectivity index is 2.65. The predicted molar refractivity (Wildman–Crippen MR) is 64.3 cm³/mol. The lowest BCUT2D eigenvalue weighted by Crippen LogP contribution is -2.36. The Hall–Kier alpha value is -1.01. The molecule has 0 radical (unpaired) electrons. The fourth-order valence-electron chi connectivity index (χ4n) is 1.34. The van der Waals surface area contributed by atoms with E-state index >= 15 is 0 Å². The molecular formula is C12H15ClN2. The number of hydrazine groups is 1. The largest absolute Gasteiger partial charge is 0.271 e. The molecule has 0 aliphatic heterocycles. The van der Waals surface area contributed by atoms with E-state index in [0.29, 0.717) is 0 Å². The van der Waals surface area contributed by atoms with Gasteiger partial charge in [0.1, 0.15) is 0 Å². The summed E-state index contributed by atoms with van der Waals surface area (Å²) in [5.74, 6) is 11.3. The minimum Gasteiger partial charge on any atom is -0.271 e. The second-order valence-corrected chi connectivity index (χ2v) is 3.70. The standard InChI is InChI=1S/C12H15ClN2/c1-2-3-7-11(15-14)9-10-6-4-5-8-12(10)13/h4-6,8,11,15H,7,9,14H2,1H3. The van der Waals surface area contributed by atoms with E-state index in [-0.39, 0.29) is 6.04 Å². The van der Waals surface area contributed by atoms with Crippen molar-refractivity contribution in [3.63, 3.8) is 0 Å². The number of benzene rings is 1. The van der Waals surface area contributed by atoms with Gasteiger partial charge in [0.05, 0.1) is 0 Å². The van der Waals surface area contributed by atoms with Crippen LogP contribution < -0.4 is 11.3 Å². The first-order valence-electron chi connectivity index (χ1n) is 4.87. The van der Waals surface area contributed by atoms with E-state index in [0.717, 1.165) is 23.4 Å². The Bertz CT molecular complexity index is 365. The maximum Gasteiger partial charge on any atom is 0.0438 e. The van der Waals surface area contributed by atoms with E-state index in [4.69, 9.17) is 17.4 Å². The van der Waals surface area contributed by atoms with Gasteiger partial charge in [-0.05, 0) is 25.0 Å². The molecule has 0 bridgehead atoms. The summed E-state index contributed by atoms with van der Waals surface area (Å²) < 4.78 is 0. The van der Waals surface area contributed by atoms with Gasteiger partial charge in [-0.2, -0.15) is 0 Å². The van der Waals surface area contributed by atoms with Crippen LogP contribution in [0.5, 0.6) is 0 Å². The van der Waals surface area contributed by atoms with Gasteiger partial charge >= 0.3 is 0 Å². The topological polar surface area (TPSA) is 38.0 Å². The number of hydrogen-bond acceptors (Lipinski definition) is 2. The molecule has 2 nitrogen and oxygen atoms in total. The molecule has 0 heterocycles. The minimum atomic E-state index is 0.150. The highest BCUT2D eigenvalue weighted by Crippen LogP contribution is 2.17. The van der Waals surface area contributed by atoms with Crippen LogP contribution in [-0.4, -0.2) is 6.04 Å². The summed E-state index contributed by atoms with van der Waals surface area (Å²) in [7, 11) is 0. The lowest BCUT2D eigenvalue weighted by Gasteiger charge is -2.13. The van der Waals surface area contributed by atoms with Crippen molar-refractivity contribution in [1.82, 2.24) is 5.43 Å². The third-order valence-electron chi connectivity index (χ3n) is 2.19. The maximum atomic E-state index is 6.05. The summed E-state index contributed by atoms with van der Waals surface area (Å²) in [6.07, 6.45) is 1.53. The molecule has 15 heavy (non-hydrogen) atoms. The van der Waals surface area contributed by atoms with Crippen molar-refractivity contribution in [1.29, 1.82) is 0 Å². The highest BCUT2D eigenvalue weighted by molar-refractivity contribution is 6.31. The van der Waals surface area contributed by atoms with Crippen molar-refractivity contribution in [2.75, 3.05) is 0 Å². The van der Waals surface area contributed by atoms with E-state index < -0.39 is 0 Å². The van der Waals surface area contributed by atoms with Crippen molar-refractivity contribution in [3.8, 4) is 11.8 Å². The Morgan fingerprint density at radius 2 is 2.20 bits per heavy atom. The van der Waals surface area contributed by atoms with Gasteiger partial charge < -0.3 is 0 Å². The van der Waals surface area contributed by atoms with Crippen LogP contribution >= 0.6 is 11.6 Å². The summed E-state index contributed by atoms with van der Waals surface area (Å²) in [5, 5.41) is 0.780. The zero-order chi connectivity index (χ0) is 11.1. The molecule has 0 saturated carbocycles. The quantitative estimate of drug-likeness (QED) is 0.465. The van der Waals surface area contributed by atoms with E-state index in [1.807, 2.05) is 31.2 Å². The van der Waals surface area contributed by atoms with Gasteiger partial charge in [0.15, 0.2) is 0 Å². The van der Waals surface area contributed by atoms with Gasteiger partial charge in [-0.25, -0.2) is 0 Å². The van der Waals surface area contributed by atoms with Crippen LogP contribution in [0, 0.1) is 11.8 Å². The average Bonchev–Trinajstić information content (AvgIpc) is 2.26. The Kier molecular flexibility index (Phi) is 5.20. The number of nitrogens with one attached hydrogen (secondary N) is 1. The summed E-state index contributed by atoms with van der Waals surface area (Å²) in [6.45, 7) is 1.82. The Labute approximate surface area is 95.8 Å². The number of hydrogen-bond donors (Lipinski definition) is 2. The molecule has 1 unspecified atom stereocenters. The average molecular weight is 223 g/mol. The van der Waals surface area contributed by atoms with Gasteiger partial charge in [-0.1, -0.05) is 29.8 Å². The molecule has 0 spiro atoms. The third kappa shape index (κ3) is 3.93. The van der Waals surface area contributed by atoms with Crippen LogP contribution in [0.2, 0.25) is 5.02 Å².